The van der Waals surface area contributed by atoms with E-state index >= 15 is 0 Å². The number of hydrogen-bond donors (Lipinski definition) is 0. The summed E-state index contributed by atoms with van der Waals surface area (Å²) >= 11 is 7.41. The van der Waals surface area contributed by atoms with Gasteiger partial charge in [0.1, 0.15) is 5.75 Å². The maximum absolute atomic E-state index is 12.7. The van der Waals surface area contributed by atoms with Crippen LogP contribution in [-0.4, -0.2) is 33.4 Å². The van der Waals surface area contributed by atoms with Gasteiger partial charge in [0.15, 0.2) is 16.8 Å². The average molecular weight is 450 g/mol. The van der Waals surface area contributed by atoms with Crippen LogP contribution in [0.5, 0.6) is 5.75 Å². The van der Waals surface area contributed by atoms with Crippen LogP contribution in [0.25, 0.3) is 17.1 Å². The summed E-state index contributed by atoms with van der Waals surface area (Å²) in [6.45, 7) is 2.00. The third kappa shape index (κ3) is 4.81. The van der Waals surface area contributed by atoms with Gasteiger partial charge in [-0.3, -0.25) is 9.36 Å². The summed E-state index contributed by atoms with van der Waals surface area (Å²) in [6, 6.07) is 22.7. The summed E-state index contributed by atoms with van der Waals surface area (Å²) in [7, 11) is 1.63. The molecule has 0 bridgehead atoms. The summed E-state index contributed by atoms with van der Waals surface area (Å²) in [5, 5.41) is 10.1. The highest BCUT2D eigenvalue weighted by Crippen LogP contribution is 2.30. The fourth-order valence-electron chi connectivity index (χ4n) is 3.07. The van der Waals surface area contributed by atoms with Gasteiger partial charge >= 0.3 is 0 Å². The van der Waals surface area contributed by atoms with Crippen molar-refractivity contribution in [1.29, 1.82) is 0 Å². The number of aromatic nitrogens is 3. The van der Waals surface area contributed by atoms with Crippen molar-refractivity contribution in [2.24, 2.45) is 0 Å². The fourth-order valence-corrected chi connectivity index (χ4v) is 4.04. The average Bonchev–Trinajstić information content (AvgIpc) is 3.22. The van der Waals surface area contributed by atoms with Gasteiger partial charge in [-0.1, -0.05) is 53.2 Å². The molecule has 7 heteroatoms. The van der Waals surface area contributed by atoms with E-state index in [1.54, 1.807) is 7.11 Å². The van der Waals surface area contributed by atoms with E-state index in [0.717, 1.165) is 22.6 Å². The molecule has 0 aliphatic heterocycles. The van der Waals surface area contributed by atoms with Crippen LogP contribution in [0.3, 0.4) is 0 Å². The van der Waals surface area contributed by atoms with Crippen LogP contribution in [0, 0.1) is 6.92 Å². The first-order valence-electron chi connectivity index (χ1n) is 9.63. The van der Waals surface area contributed by atoms with Gasteiger partial charge in [-0.05, 0) is 55.5 Å². The van der Waals surface area contributed by atoms with E-state index in [0.29, 0.717) is 21.6 Å². The highest BCUT2D eigenvalue weighted by molar-refractivity contribution is 7.99. The molecule has 0 N–H and O–H groups in total. The van der Waals surface area contributed by atoms with Crippen LogP contribution in [0.1, 0.15) is 15.9 Å². The second-order valence-electron chi connectivity index (χ2n) is 6.92. The Morgan fingerprint density at radius 2 is 1.65 bits per heavy atom. The lowest BCUT2D eigenvalue weighted by Gasteiger charge is -2.11. The number of methoxy groups -OCH3 is 1. The van der Waals surface area contributed by atoms with Crippen LogP contribution in [0.15, 0.2) is 78.0 Å². The number of halogens is 1. The Hall–Kier alpha value is -3.09. The summed E-state index contributed by atoms with van der Waals surface area (Å²) in [5.74, 6) is 1.74. The summed E-state index contributed by atoms with van der Waals surface area (Å²) in [4.78, 5) is 12.7. The van der Waals surface area contributed by atoms with Crippen LogP contribution in [-0.2, 0) is 0 Å². The highest BCUT2D eigenvalue weighted by atomic mass is 35.5. The molecule has 5 nitrogen and oxygen atoms in total. The summed E-state index contributed by atoms with van der Waals surface area (Å²) in [6.07, 6.45) is 0. The van der Waals surface area contributed by atoms with Crippen molar-refractivity contribution in [3.8, 4) is 22.8 Å². The predicted octanol–water partition coefficient (Wildman–Crippen LogP) is 5.88. The van der Waals surface area contributed by atoms with Crippen molar-refractivity contribution in [2.45, 2.75) is 12.1 Å². The molecule has 0 fully saturated rings. The van der Waals surface area contributed by atoms with Gasteiger partial charge in [-0.15, -0.1) is 10.2 Å². The van der Waals surface area contributed by atoms with Gasteiger partial charge in [0.2, 0.25) is 0 Å². The van der Waals surface area contributed by atoms with Gasteiger partial charge in [-0.2, -0.15) is 0 Å². The minimum atomic E-state index is 0.0438. The van der Waals surface area contributed by atoms with Crippen LogP contribution < -0.4 is 4.74 Å². The number of carbonyl (C=O) groups is 1. The largest absolute Gasteiger partial charge is 0.497 e. The number of ether oxygens (including phenoxy) is 1. The normalized spacial score (nSPS) is 10.8. The predicted molar refractivity (Wildman–Crippen MR) is 125 cm³/mol. The number of benzene rings is 3. The zero-order chi connectivity index (χ0) is 21.8. The lowest BCUT2D eigenvalue weighted by Crippen LogP contribution is -2.05. The van der Waals surface area contributed by atoms with Crippen molar-refractivity contribution < 1.29 is 9.53 Å². The highest BCUT2D eigenvalue weighted by Gasteiger charge is 2.18. The van der Waals surface area contributed by atoms with Crippen LogP contribution in [0.2, 0.25) is 5.02 Å². The van der Waals surface area contributed by atoms with Gasteiger partial charge in [0.25, 0.3) is 0 Å². The van der Waals surface area contributed by atoms with Crippen LogP contribution in [0.4, 0.5) is 0 Å². The van der Waals surface area contributed by atoms with Gasteiger partial charge in [0, 0.05) is 21.8 Å². The topological polar surface area (TPSA) is 57.0 Å². The monoisotopic (exact) mass is 449 g/mol. The maximum atomic E-state index is 12.7. The van der Waals surface area contributed by atoms with Gasteiger partial charge in [-0.25, -0.2) is 0 Å². The smallest absolute Gasteiger partial charge is 0.196 e. The molecule has 0 saturated heterocycles. The molecule has 0 aliphatic rings. The van der Waals surface area contributed by atoms with E-state index in [-0.39, 0.29) is 11.5 Å². The number of aryl methyl sites for hydroxylation is 1. The SMILES string of the molecule is COc1ccc(-n2c(SCC(=O)c3ccc(C)cc3)nnc2-c2ccc(Cl)cc2)cc1. The molecule has 0 radical (unpaired) electrons. The van der Waals surface area contributed by atoms with Gasteiger partial charge in [0.05, 0.1) is 12.9 Å². The molecular weight excluding hydrogens is 430 g/mol. The number of rotatable bonds is 7. The first-order valence-corrected chi connectivity index (χ1v) is 11.0. The molecule has 0 amide bonds. The quantitative estimate of drug-likeness (QED) is 0.260. The maximum Gasteiger partial charge on any atom is 0.196 e. The molecule has 1 aromatic heterocycles. The Labute approximate surface area is 190 Å². The zero-order valence-electron chi connectivity index (χ0n) is 17.1. The second kappa shape index (κ2) is 9.37. The standard InChI is InChI=1S/C24H20ClN3O2S/c1-16-3-5-17(6-4-16)22(29)15-31-24-27-26-23(18-7-9-19(25)10-8-18)28(24)20-11-13-21(30-2)14-12-20/h3-14H,15H2,1-2H3. The van der Waals surface area contributed by atoms with E-state index in [1.807, 2.05) is 84.3 Å². The number of nitrogens with zero attached hydrogens (tertiary/aromatic N) is 3. The lowest BCUT2D eigenvalue weighted by atomic mass is 10.1. The zero-order valence-corrected chi connectivity index (χ0v) is 18.7. The van der Waals surface area contributed by atoms with Crippen molar-refractivity contribution >= 4 is 29.1 Å². The molecule has 156 valence electrons. The van der Waals surface area contributed by atoms with E-state index in [4.69, 9.17) is 16.3 Å². The molecule has 0 unspecified atom stereocenters. The third-order valence-corrected chi connectivity index (χ3v) is 5.95. The number of hydrogen-bond acceptors (Lipinski definition) is 5. The van der Waals surface area contributed by atoms with E-state index in [2.05, 4.69) is 10.2 Å². The fraction of sp³-hybridized carbons (Fsp3) is 0.125. The molecule has 1 heterocycles. The molecule has 3 aromatic carbocycles. The Morgan fingerprint density at radius 3 is 2.29 bits per heavy atom. The number of thioether (sulfide) groups is 1. The molecule has 0 atom stereocenters. The number of carbonyl (C=O) groups excluding carboxylic acids is 1. The van der Waals surface area contributed by atoms with E-state index in [9.17, 15) is 4.79 Å². The molecule has 4 rings (SSSR count). The van der Waals surface area contributed by atoms with E-state index < -0.39 is 0 Å². The van der Waals surface area contributed by atoms with E-state index in [1.165, 1.54) is 11.8 Å². The van der Waals surface area contributed by atoms with Crippen molar-refractivity contribution in [3.05, 3.63) is 88.9 Å². The Morgan fingerprint density at radius 1 is 0.968 bits per heavy atom. The molecule has 4 aromatic rings. The minimum Gasteiger partial charge on any atom is -0.497 e. The number of ketones is 1. The van der Waals surface area contributed by atoms with Gasteiger partial charge < -0.3 is 4.74 Å². The lowest BCUT2D eigenvalue weighted by molar-refractivity contribution is 0.102. The second-order valence-corrected chi connectivity index (χ2v) is 8.30. The van der Waals surface area contributed by atoms with Crippen molar-refractivity contribution in [2.75, 3.05) is 12.9 Å². The Kier molecular flexibility index (Phi) is 6.39. The van der Waals surface area contributed by atoms with Crippen LogP contribution >= 0.6 is 23.4 Å². The molecule has 0 aliphatic carbocycles. The minimum absolute atomic E-state index is 0.0438. The first kappa shape index (κ1) is 21.2. The summed E-state index contributed by atoms with van der Waals surface area (Å²) in [5.41, 5.74) is 3.56. The number of Topliss-reactive ketones (excluding diaryl/α,β-unsaturated/α-hetero) is 1. The molecule has 0 saturated carbocycles. The molecule has 0 spiro atoms. The molecular formula is C24H20ClN3O2S. The first-order chi connectivity index (χ1) is 15.0. The van der Waals surface area contributed by atoms with Crippen molar-refractivity contribution in [1.82, 2.24) is 14.8 Å². The van der Waals surface area contributed by atoms with Crippen molar-refractivity contribution in [3.63, 3.8) is 0 Å². The Balaban J connectivity index is 1.67. The Bertz CT molecular complexity index is 1190. The summed E-state index contributed by atoms with van der Waals surface area (Å²) < 4.78 is 7.22. The molecule has 31 heavy (non-hydrogen) atoms. The third-order valence-electron chi connectivity index (χ3n) is 4.77.